The third-order valence-corrected chi connectivity index (χ3v) is 19.3. The van der Waals surface area contributed by atoms with E-state index in [0.29, 0.717) is 0 Å². The van der Waals surface area contributed by atoms with Gasteiger partial charge in [0.1, 0.15) is 11.2 Å². The first-order valence-corrected chi connectivity index (χ1v) is 31.3. The summed E-state index contributed by atoms with van der Waals surface area (Å²) in [5.41, 5.74) is 24.8. The van der Waals surface area contributed by atoms with Crippen LogP contribution in [0.15, 0.2) is 235 Å². The molecule has 1 aromatic heterocycles. The lowest BCUT2D eigenvalue weighted by Crippen LogP contribution is -2.30. The smallest absolute Gasteiger partial charge is 0.135 e. The van der Waals surface area contributed by atoms with E-state index in [-0.39, 0.29) is 21.7 Å². The van der Waals surface area contributed by atoms with Gasteiger partial charge in [0.2, 0.25) is 0 Å². The Bertz CT molecular complexity index is 4650. The number of anilines is 6. The highest BCUT2D eigenvalue weighted by molar-refractivity contribution is 6.16. The third kappa shape index (κ3) is 8.89. The Kier molecular flexibility index (Phi) is 12.7. The minimum absolute atomic E-state index is 0.0156. The highest BCUT2D eigenvalue weighted by atomic mass is 16.3. The Balaban J connectivity index is 1.21. The van der Waals surface area contributed by atoms with Gasteiger partial charge < -0.3 is 14.2 Å². The minimum atomic E-state index is -0.915. The monoisotopic (exact) mass is 1130 g/mol. The molecule has 12 aromatic rings. The molecule has 2 aliphatic rings. The molecule has 0 radical (unpaired) electrons. The zero-order valence-corrected chi connectivity index (χ0v) is 53.2. The molecule has 87 heavy (non-hydrogen) atoms. The van der Waals surface area contributed by atoms with Crippen LogP contribution in [0.2, 0.25) is 0 Å². The predicted octanol–water partition coefficient (Wildman–Crippen LogP) is 23.5. The second kappa shape index (κ2) is 19.8. The van der Waals surface area contributed by atoms with Crippen molar-refractivity contribution in [3.05, 3.63) is 286 Å². The van der Waals surface area contributed by atoms with E-state index in [1.165, 1.54) is 94.3 Å². The van der Waals surface area contributed by atoms with E-state index < -0.39 is 10.8 Å². The van der Waals surface area contributed by atoms with Gasteiger partial charge in [0, 0.05) is 44.3 Å². The van der Waals surface area contributed by atoms with Crippen molar-refractivity contribution in [1.29, 1.82) is 0 Å². The molecule has 0 saturated carbocycles. The Hall–Kier alpha value is -8.92. The van der Waals surface area contributed by atoms with Crippen LogP contribution in [0.5, 0.6) is 0 Å². The molecule has 432 valence electrons. The standard InChI is InChI=1S/C84H80N2O/c1-79(2,3)53-33-35-56(36-34-53)84(58-42-48-74-67(50-58)66-49-57(82(10,11)12)41-47-73(66)87-74)69-51-71(85(59-25-17-15-18-26-59)61-43-37-54(38-44-61)80(4,5)6)63-29-21-22-30-64(63)75(69)77-70(84)52-72(78-76(77)65-31-23-24-32-68(65)83(78,13)14)86(60-27-19-16-20-28-60)62-45-39-55(40-46-62)81(7,8)9/h15-52H,1-14H3. The summed E-state index contributed by atoms with van der Waals surface area (Å²) in [6.45, 7) is 32.6. The van der Waals surface area contributed by atoms with E-state index in [9.17, 15) is 0 Å². The molecule has 0 fully saturated rings. The first kappa shape index (κ1) is 55.9. The summed E-state index contributed by atoms with van der Waals surface area (Å²) in [7, 11) is 0. The molecular formula is C84H80N2O. The van der Waals surface area contributed by atoms with Crippen LogP contribution in [0, 0.1) is 0 Å². The number of fused-ring (bicyclic) bond motifs is 12. The van der Waals surface area contributed by atoms with Crippen molar-refractivity contribution in [3.63, 3.8) is 0 Å². The van der Waals surface area contributed by atoms with Crippen LogP contribution in [-0.2, 0) is 32.5 Å². The number of benzene rings is 11. The average Bonchev–Trinajstić information content (AvgIpc) is 1.51. The third-order valence-electron chi connectivity index (χ3n) is 19.3. The first-order valence-electron chi connectivity index (χ1n) is 31.3. The number of para-hydroxylation sites is 2. The Morgan fingerprint density at radius 1 is 0.310 bits per heavy atom. The zero-order chi connectivity index (χ0) is 60.7. The molecule has 14 rings (SSSR count). The summed E-state index contributed by atoms with van der Waals surface area (Å²) >= 11 is 0. The lowest BCUT2D eigenvalue weighted by atomic mass is 9.66. The van der Waals surface area contributed by atoms with E-state index in [4.69, 9.17) is 4.42 Å². The Morgan fingerprint density at radius 3 is 1.28 bits per heavy atom. The fourth-order valence-corrected chi connectivity index (χ4v) is 14.7. The van der Waals surface area contributed by atoms with Crippen molar-refractivity contribution < 1.29 is 4.42 Å². The van der Waals surface area contributed by atoms with Crippen LogP contribution in [-0.4, -0.2) is 0 Å². The molecule has 1 atom stereocenters. The number of furan rings is 1. The molecule has 0 aliphatic heterocycles. The highest BCUT2D eigenvalue weighted by Crippen LogP contribution is 2.67. The van der Waals surface area contributed by atoms with E-state index in [0.717, 1.165) is 50.4 Å². The molecule has 0 amide bonds. The fraction of sp³-hybridized carbons (Fsp3) is 0.238. The van der Waals surface area contributed by atoms with Crippen LogP contribution < -0.4 is 9.80 Å². The maximum absolute atomic E-state index is 6.89. The predicted molar refractivity (Wildman–Crippen MR) is 370 cm³/mol. The molecule has 0 saturated heterocycles. The summed E-state index contributed by atoms with van der Waals surface area (Å²) in [5, 5.41) is 4.64. The molecule has 3 heteroatoms. The minimum Gasteiger partial charge on any atom is -0.456 e. The largest absolute Gasteiger partial charge is 0.456 e. The van der Waals surface area contributed by atoms with Gasteiger partial charge in [-0.2, -0.15) is 0 Å². The first-order chi connectivity index (χ1) is 41.4. The van der Waals surface area contributed by atoms with Gasteiger partial charge in [-0.15, -0.1) is 0 Å². The number of hydrogen-bond donors (Lipinski definition) is 0. The van der Waals surface area contributed by atoms with E-state index in [1.807, 2.05) is 0 Å². The van der Waals surface area contributed by atoms with E-state index in [1.54, 1.807) is 0 Å². The molecular weight excluding hydrogens is 1050 g/mol. The van der Waals surface area contributed by atoms with Gasteiger partial charge in [-0.1, -0.05) is 243 Å². The zero-order valence-electron chi connectivity index (χ0n) is 53.2. The van der Waals surface area contributed by atoms with Gasteiger partial charge in [-0.25, -0.2) is 0 Å². The molecule has 0 spiro atoms. The summed E-state index contributed by atoms with van der Waals surface area (Å²) in [6, 6.07) is 88.3. The van der Waals surface area contributed by atoms with E-state index >= 15 is 0 Å². The molecule has 11 aromatic carbocycles. The van der Waals surface area contributed by atoms with Gasteiger partial charge >= 0.3 is 0 Å². The topological polar surface area (TPSA) is 19.6 Å². The Labute approximate surface area is 516 Å². The van der Waals surface area contributed by atoms with Gasteiger partial charge in [0.15, 0.2) is 0 Å². The molecule has 3 nitrogen and oxygen atoms in total. The lowest BCUT2D eigenvalue weighted by molar-refractivity contribution is 0.589. The van der Waals surface area contributed by atoms with Crippen molar-refractivity contribution in [2.45, 2.75) is 129 Å². The van der Waals surface area contributed by atoms with Crippen molar-refractivity contribution in [1.82, 2.24) is 0 Å². The second-order valence-electron chi connectivity index (χ2n) is 29.4. The molecule has 0 bridgehead atoms. The average molecular weight is 1130 g/mol. The summed E-state index contributed by atoms with van der Waals surface area (Å²) in [6.07, 6.45) is 0. The number of nitrogens with zero attached hydrogens (tertiary/aromatic N) is 2. The second-order valence-corrected chi connectivity index (χ2v) is 29.4. The Morgan fingerprint density at radius 2 is 0.724 bits per heavy atom. The fourth-order valence-electron chi connectivity index (χ4n) is 14.7. The molecule has 1 unspecified atom stereocenters. The summed E-state index contributed by atoms with van der Waals surface area (Å²) in [4.78, 5) is 5.08. The number of rotatable bonds is 8. The van der Waals surface area contributed by atoms with Crippen molar-refractivity contribution in [2.24, 2.45) is 0 Å². The quantitative estimate of drug-likeness (QED) is 0.151. The molecule has 0 N–H and O–H groups in total. The van der Waals surface area contributed by atoms with Crippen molar-refractivity contribution >= 4 is 66.8 Å². The van der Waals surface area contributed by atoms with Crippen molar-refractivity contribution in [2.75, 3.05) is 9.80 Å². The maximum atomic E-state index is 6.89. The van der Waals surface area contributed by atoms with Crippen molar-refractivity contribution in [3.8, 4) is 22.3 Å². The SMILES string of the molecule is CC(C)(C)c1ccc(N(c2ccccc2)c2cc3c(c4c2C(C)(C)c2ccccc2-4)-c2c(cc(N(c4ccccc4)c4ccc(C(C)(C)C)cc4)c4ccccc24)C3(c2ccc(C(C)(C)C)cc2)c2ccc3oc4ccc(C(C)(C)C)cc4c3c2)cc1. The normalized spacial score (nSPS) is 15.4. The highest BCUT2D eigenvalue weighted by Gasteiger charge is 2.53. The summed E-state index contributed by atoms with van der Waals surface area (Å²) in [5.74, 6) is 0. The molecule has 2 aliphatic carbocycles. The van der Waals surface area contributed by atoms with Crippen LogP contribution in [0.25, 0.3) is 55.0 Å². The summed E-state index contributed by atoms with van der Waals surface area (Å²) < 4.78 is 6.89. The van der Waals surface area contributed by atoms with Crippen LogP contribution in [0.3, 0.4) is 0 Å². The van der Waals surface area contributed by atoms with Gasteiger partial charge in [0.05, 0.1) is 16.8 Å². The molecule has 1 heterocycles. The van der Waals surface area contributed by atoms with Crippen LogP contribution in [0.1, 0.15) is 153 Å². The van der Waals surface area contributed by atoms with Gasteiger partial charge in [-0.05, 0) is 190 Å². The van der Waals surface area contributed by atoms with E-state index in [2.05, 4.69) is 337 Å². The lowest BCUT2D eigenvalue weighted by Gasteiger charge is -2.38. The maximum Gasteiger partial charge on any atom is 0.135 e. The number of hydrogen-bond acceptors (Lipinski definition) is 3. The van der Waals surface area contributed by atoms with Crippen LogP contribution in [0.4, 0.5) is 34.1 Å². The van der Waals surface area contributed by atoms with Gasteiger partial charge in [-0.3, -0.25) is 0 Å². The van der Waals surface area contributed by atoms with Gasteiger partial charge in [0.25, 0.3) is 0 Å². The van der Waals surface area contributed by atoms with Crippen LogP contribution >= 0.6 is 0 Å².